The number of cyclic esters (lactones) is 1. The van der Waals surface area contributed by atoms with Crippen molar-refractivity contribution in [1.29, 1.82) is 5.26 Å². The Morgan fingerprint density at radius 3 is 2.72 bits per heavy atom. The van der Waals surface area contributed by atoms with Gasteiger partial charge in [0.25, 0.3) is 0 Å². The van der Waals surface area contributed by atoms with E-state index in [4.69, 9.17) is 24.1 Å². The van der Waals surface area contributed by atoms with Crippen LogP contribution in [0.3, 0.4) is 0 Å². The zero-order valence-electron chi connectivity index (χ0n) is 20.3. The fraction of sp³-hybridized carbons (Fsp3) is 0.760. The predicted octanol–water partition coefficient (Wildman–Crippen LogP) is 1.70. The molecule has 36 heavy (non-hydrogen) atoms. The van der Waals surface area contributed by atoms with E-state index in [9.17, 15) is 24.8 Å². The van der Waals surface area contributed by atoms with Gasteiger partial charge in [0.15, 0.2) is 11.7 Å². The fourth-order valence-corrected chi connectivity index (χ4v) is 9.09. The van der Waals surface area contributed by atoms with Crippen LogP contribution in [0.2, 0.25) is 0 Å². The molecule has 2 N–H and O–H groups in total. The first-order valence-electron chi connectivity index (χ1n) is 12.4. The van der Waals surface area contributed by atoms with Crippen molar-refractivity contribution in [3.8, 4) is 5.40 Å². The highest BCUT2D eigenvalue weighted by Crippen LogP contribution is 2.81. The van der Waals surface area contributed by atoms with E-state index < -0.39 is 70.1 Å². The van der Waals surface area contributed by atoms with Crippen LogP contribution in [0.5, 0.6) is 0 Å². The van der Waals surface area contributed by atoms with Crippen molar-refractivity contribution in [3.63, 3.8) is 0 Å². The first kappa shape index (κ1) is 24.2. The number of rotatable bonds is 6. The molecule has 6 rings (SSSR count). The van der Waals surface area contributed by atoms with Gasteiger partial charge in [-0.15, -0.1) is 0 Å². The average Bonchev–Trinajstić information content (AvgIpc) is 3.71. The van der Waals surface area contributed by atoms with Crippen LogP contribution in [0.1, 0.15) is 52.9 Å². The molecular formula is C25H29NO9S. The Morgan fingerprint density at radius 1 is 1.31 bits per heavy atom. The van der Waals surface area contributed by atoms with Crippen LogP contribution < -0.4 is 0 Å². The number of ether oxygens (including phenoxy) is 4. The molecule has 0 amide bonds. The Morgan fingerprint density at radius 2 is 2.06 bits per heavy atom. The number of esters is 2. The molecule has 0 radical (unpaired) electrons. The van der Waals surface area contributed by atoms with Gasteiger partial charge in [-0.05, 0) is 48.4 Å². The maximum atomic E-state index is 12.9. The van der Waals surface area contributed by atoms with Gasteiger partial charge in [-0.25, -0.2) is 4.79 Å². The number of carbonyl (C=O) groups excluding carboxylic acids is 2. The van der Waals surface area contributed by atoms with Crippen molar-refractivity contribution < 1.29 is 43.5 Å². The van der Waals surface area contributed by atoms with Crippen LogP contribution in [-0.4, -0.2) is 75.1 Å². The van der Waals surface area contributed by atoms with E-state index >= 15 is 0 Å². The summed E-state index contributed by atoms with van der Waals surface area (Å²) in [5.41, 5.74) is -2.48. The Hall–Kier alpha value is -2.13. The van der Waals surface area contributed by atoms with Gasteiger partial charge in [0, 0.05) is 11.0 Å². The summed E-state index contributed by atoms with van der Waals surface area (Å²) in [5, 5.41) is 32.3. The standard InChI is InChI=1S/C25H29NO9S/c1-11(2)23(31)19(36-10-26)18-25(35-18)22(3)7-6-12-13(9-32-20(12)30)14(22)8-15-24(25,34-15)21(23)33-17(29)5-4-16(27)28/h11,14-15,18-19,21,31H,4-9H2,1-3H3,(H,27,28)/t14-,15-,18?,19+,21+,22-,23+,24+,25+/m0/s1. The van der Waals surface area contributed by atoms with E-state index in [0.29, 0.717) is 19.3 Å². The Labute approximate surface area is 212 Å². The number of aliphatic carboxylic acids is 1. The summed E-state index contributed by atoms with van der Waals surface area (Å²) in [6.07, 6.45) is -1.05. The third-order valence-corrected chi connectivity index (χ3v) is 10.8. The van der Waals surface area contributed by atoms with Gasteiger partial charge >= 0.3 is 17.9 Å². The summed E-state index contributed by atoms with van der Waals surface area (Å²) < 4.78 is 24.4. The first-order valence-corrected chi connectivity index (χ1v) is 13.3. The zero-order valence-corrected chi connectivity index (χ0v) is 21.1. The van der Waals surface area contributed by atoms with Crippen LogP contribution in [0, 0.1) is 27.9 Å². The Balaban J connectivity index is 1.46. The lowest BCUT2D eigenvalue weighted by atomic mass is 9.46. The number of nitriles is 1. The van der Waals surface area contributed by atoms with Gasteiger partial charge in [0.1, 0.15) is 29.3 Å². The summed E-state index contributed by atoms with van der Waals surface area (Å²) in [7, 11) is 0. The van der Waals surface area contributed by atoms with Crippen LogP contribution in [0.15, 0.2) is 11.1 Å². The molecule has 6 aliphatic rings. The summed E-state index contributed by atoms with van der Waals surface area (Å²) in [6, 6.07) is 0. The summed E-state index contributed by atoms with van der Waals surface area (Å²) >= 11 is 0.911. The first-order chi connectivity index (χ1) is 17.0. The lowest BCUT2D eigenvalue weighted by Crippen LogP contribution is -2.76. The number of carboxylic acid groups (broad SMARTS) is 1. The monoisotopic (exact) mass is 519 g/mol. The number of thiocyanates is 1. The normalized spacial score (nSPS) is 47.4. The lowest BCUT2D eigenvalue weighted by Gasteiger charge is -2.57. The molecule has 11 heteroatoms. The minimum Gasteiger partial charge on any atom is -0.481 e. The van der Waals surface area contributed by atoms with Crippen LogP contribution >= 0.6 is 11.8 Å². The van der Waals surface area contributed by atoms with Gasteiger partial charge in [0.05, 0.1) is 24.2 Å². The summed E-state index contributed by atoms with van der Waals surface area (Å²) in [5.74, 6) is -2.60. The van der Waals surface area contributed by atoms with E-state index in [0.717, 1.165) is 22.9 Å². The van der Waals surface area contributed by atoms with Gasteiger partial charge < -0.3 is 29.2 Å². The van der Waals surface area contributed by atoms with Crippen molar-refractivity contribution >= 4 is 29.7 Å². The number of nitrogens with zero attached hydrogens (tertiary/aromatic N) is 1. The molecule has 0 bridgehead atoms. The van der Waals surface area contributed by atoms with Crippen molar-refractivity contribution in [1.82, 2.24) is 0 Å². The zero-order chi connectivity index (χ0) is 25.8. The Bertz CT molecular complexity index is 1150. The average molecular weight is 520 g/mol. The van der Waals surface area contributed by atoms with Crippen molar-refractivity contribution in [2.45, 2.75) is 93.2 Å². The molecule has 1 unspecified atom stereocenters. The third-order valence-electron chi connectivity index (χ3n) is 9.81. The number of fused-ring (bicyclic) bond motifs is 2. The SMILES string of the molecule is CC(C)[C@@]1(O)[C@H](SC#N)C2O[C@]23[C@]2(O[C@H]2C[C@H]2C4=C(CC[C@@]23C)C(=O)OC4)[C@@H]1OC(=O)CCC(=O)O. The van der Waals surface area contributed by atoms with Crippen LogP contribution in [0.4, 0.5) is 0 Å². The minimum atomic E-state index is -1.65. The summed E-state index contributed by atoms with van der Waals surface area (Å²) in [4.78, 5) is 36.2. The molecule has 2 saturated heterocycles. The highest BCUT2D eigenvalue weighted by Gasteiger charge is 2.97. The molecular weight excluding hydrogens is 490 g/mol. The molecule has 9 atom stereocenters. The van der Waals surface area contributed by atoms with Gasteiger partial charge in [-0.1, -0.05) is 20.8 Å². The quantitative estimate of drug-likeness (QED) is 0.299. The molecule has 0 aromatic rings. The number of epoxide rings is 2. The van der Waals surface area contributed by atoms with Gasteiger partial charge in [-0.2, -0.15) is 5.26 Å². The maximum absolute atomic E-state index is 12.9. The molecule has 2 saturated carbocycles. The molecule has 10 nitrogen and oxygen atoms in total. The van der Waals surface area contributed by atoms with Crippen molar-refractivity contribution in [3.05, 3.63) is 11.1 Å². The molecule has 2 spiro atoms. The number of carbonyl (C=O) groups is 3. The van der Waals surface area contributed by atoms with Crippen LogP contribution in [-0.2, 0) is 33.3 Å². The number of carboxylic acids is 1. The second kappa shape index (κ2) is 7.47. The molecule has 194 valence electrons. The van der Waals surface area contributed by atoms with E-state index in [1.165, 1.54) is 0 Å². The third kappa shape index (κ3) is 2.66. The number of thioether (sulfide) groups is 1. The van der Waals surface area contributed by atoms with E-state index in [-0.39, 0.29) is 24.9 Å². The van der Waals surface area contributed by atoms with Crippen molar-refractivity contribution in [2.24, 2.45) is 17.3 Å². The van der Waals surface area contributed by atoms with E-state index in [1.807, 2.05) is 0 Å². The van der Waals surface area contributed by atoms with Crippen molar-refractivity contribution in [2.75, 3.05) is 6.61 Å². The highest BCUT2D eigenvalue weighted by atomic mass is 32.2. The molecule has 3 aliphatic heterocycles. The van der Waals surface area contributed by atoms with Crippen LogP contribution in [0.25, 0.3) is 0 Å². The maximum Gasteiger partial charge on any atom is 0.334 e. The van der Waals surface area contributed by atoms with Gasteiger partial charge in [-0.3, -0.25) is 9.59 Å². The smallest absolute Gasteiger partial charge is 0.334 e. The van der Waals surface area contributed by atoms with E-state index in [2.05, 4.69) is 12.3 Å². The predicted molar refractivity (Wildman–Crippen MR) is 122 cm³/mol. The lowest BCUT2D eigenvalue weighted by molar-refractivity contribution is -0.204. The molecule has 0 aromatic carbocycles. The molecule has 0 aromatic heterocycles. The molecule has 3 aliphatic carbocycles. The molecule has 4 fully saturated rings. The highest BCUT2D eigenvalue weighted by molar-refractivity contribution is 8.04. The summed E-state index contributed by atoms with van der Waals surface area (Å²) in [6.45, 7) is 5.97. The minimum absolute atomic E-state index is 0.0420. The number of hydrogen-bond acceptors (Lipinski definition) is 10. The fourth-order valence-electron chi connectivity index (χ4n) is 8.03. The number of aliphatic hydroxyl groups is 1. The second-order valence-corrected chi connectivity index (χ2v) is 12.3. The topological polar surface area (TPSA) is 159 Å². The van der Waals surface area contributed by atoms with E-state index in [1.54, 1.807) is 13.8 Å². The molecule has 3 heterocycles. The Kier molecular flexibility index (Phi) is 5.02. The van der Waals surface area contributed by atoms with Gasteiger partial charge in [0.2, 0.25) is 0 Å². The number of hydrogen-bond donors (Lipinski definition) is 2. The largest absolute Gasteiger partial charge is 0.481 e. The second-order valence-electron chi connectivity index (χ2n) is 11.4.